The van der Waals surface area contributed by atoms with Crippen molar-refractivity contribution < 1.29 is 19.1 Å². The summed E-state index contributed by atoms with van der Waals surface area (Å²) in [5, 5.41) is 0. The Kier molecular flexibility index (Phi) is 6.92. The van der Waals surface area contributed by atoms with Gasteiger partial charge in [-0.3, -0.25) is 0 Å². The summed E-state index contributed by atoms with van der Waals surface area (Å²) in [4.78, 5) is 24.1. The Bertz CT molecular complexity index is 477. The third-order valence-electron chi connectivity index (χ3n) is 2.84. The quantitative estimate of drug-likeness (QED) is 0.719. The van der Waals surface area contributed by atoms with E-state index in [0.717, 1.165) is 6.42 Å². The molecule has 0 aliphatic rings. The van der Waals surface area contributed by atoms with E-state index in [-0.39, 0.29) is 17.0 Å². The number of hydrogen-bond acceptors (Lipinski definition) is 4. The molecule has 4 heteroatoms. The van der Waals surface area contributed by atoms with Crippen molar-refractivity contribution in [3.8, 4) is 0 Å². The van der Waals surface area contributed by atoms with Crippen molar-refractivity contribution in [2.75, 3.05) is 13.2 Å². The van der Waals surface area contributed by atoms with Crippen LogP contribution in [-0.4, -0.2) is 25.2 Å². The van der Waals surface area contributed by atoms with Gasteiger partial charge in [0.2, 0.25) is 0 Å². The number of carbonyl (C=O) groups is 2. The third-order valence-corrected chi connectivity index (χ3v) is 2.84. The molecular weight excluding hydrogens is 268 g/mol. The minimum absolute atomic E-state index is 0.249. The van der Waals surface area contributed by atoms with Crippen LogP contribution in [0.3, 0.4) is 0 Å². The average Bonchev–Trinajstić information content (AvgIpc) is 2.44. The molecule has 0 aliphatic carbocycles. The summed E-state index contributed by atoms with van der Waals surface area (Å²) < 4.78 is 10.4. The average molecular weight is 292 g/mol. The van der Waals surface area contributed by atoms with E-state index in [2.05, 4.69) is 13.8 Å². The molecule has 21 heavy (non-hydrogen) atoms. The molecule has 0 saturated heterocycles. The van der Waals surface area contributed by atoms with Crippen molar-refractivity contribution >= 4 is 11.9 Å². The summed E-state index contributed by atoms with van der Waals surface area (Å²) in [5.41, 5.74) is 0.516. The van der Waals surface area contributed by atoms with E-state index in [0.29, 0.717) is 19.1 Å². The van der Waals surface area contributed by atoms with Crippen LogP contribution in [0.15, 0.2) is 24.3 Å². The van der Waals surface area contributed by atoms with E-state index in [1.165, 1.54) is 0 Å². The van der Waals surface area contributed by atoms with Crippen LogP contribution in [0.4, 0.5) is 0 Å². The Morgan fingerprint density at radius 3 is 1.90 bits per heavy atom. The van der Waals surface area contributed by atoms with Crippen LogP contribution >= 0.6 is 0 Å². The second-order valence-corrected chi connectivity index (χ2v) is 5.86. The third kappa shape index (κ3) is 5.98. The van der Waals surface area contributed by atoms with Crippen LogP contribution in [0.25, 0.3) is 0 Å². The first-order valence-electron chi connectivity index (χ1n) is 7.35. The first-order chi connectivity index (χ1) is 9.91. The molecule has 4 nitrogen and oxygen atoms in total. The number of carbonyl (C=O) groups excluding carboxylic acids is 2. The highest BCUT2D eigenvalue weighted by atomic mass is 16.5. The Labute approximate surface area is 126 Å². The molecule has 0 heterocycles. The molecule has 1 aromatic rings. The van der Waals surface area contributed by atoms with Crippen molar-refractivity contribution in [2.24, 2.45) is 11.8 Å². The molecule has 0 spiro atoms. The van der Waals surface area contributed by atoms with Gasteiger partial charge in [0.05, 0.1) is 24.3 Å². The summed E-state index contributed by atoms with van der Waals surface area (Å²) in [6.45, 7) is 8.72. The largest absolute Gasteiger partial charge is 0.462 e. The lowest BCUT2D eigenvalue weighted by atomic mass is 10.1. The topological polar surface area (TPSA) is 52.6 Å². The lowest BCUT2D eigenvalue weighted by Gasteiger charge is -2.11. The zero-order chi connectivity index (χ0) is 15.8. The van der Waals surface area contributed by atoms with Crippen molar-refractivity contribution in [1.82, 2.24) is 0 Å². The van der Waals surface area contributed by atoms with Gasteiger partial charge < -0.3 is 9.47 Å². The van der Waals surface area contributed by atoms with Crippen LogP contribution in [0.5, 0.6) is 0 Å². The number of ether oxygens (including phenoxy) is 2. The zero-order valence-electron chi connectivity index (χ0n) is 13.2. The second kappa shape index (κ2) is 8.45. The molecule has 0 fully saturated rings. The van der Waals surface area contributed by atoms with Crippen molar-refractivity contribution in [2.45, 2.75) is 34.1 Å². The molecule has 0 N–H and O–H groups in total. The van der Waals surface area contributed by atoms with Crippen LogP contribution in [-0.2, 0) is 9.47 Å². The maximum Gasteiger partial charge on any atom is 0.339 e. The predicted molar refractivity (Wildman–Crippen MR) is 81.3 cm³/mol. The molecule has 0 aliphatic heterocycles. The molecule has 0 aromatic heterocycles. The maximum absolute atomic E-state index is 12.1. The SMILES string of the molecule is CC(C)CCOC(=O)c1ccccc1C(=O)OCC(C)C. The van der Waals surface area contributed by atoms with E-state index in [4.69, 9.17) is 9.47 Å². The van der Waals surface area contributed by atoms with E-state index >= 15 is 0 Å². The fourth-order valence-electron chi connectivity index (χ4n) is 1.62. The van der Waals surface area contributed by atoms with Crippen LogP contribution in [0, 0.1) is 11.8 Å². The number of benzene rings is 1. The van der Waals surface area contributed by atoms with Crippen molar-refractivity contribution in [1.29, 1.82) is 0 Å². The van der Waals surface area contributed by atoms with E-state index in [9.17, 15) is 9.59 Å². The molecule has 0 bridgehead atoms. The van der Waals surface area contributed by atoms with Gasteiger partial charge in [-0.2, -0.15) is 0 Å². The number of rotatable bonds is 7. The molecule has 0 saturated carbocycles. The van der Waals surface area contributed by atoms with Gasteiger partial charge in [-0.05, 0) is 30.4 Å². The molecule has 0 atom stereocenters. The Morgan fingerprint density at radius 1 is 0.905 bits per heavy atom. The first-order valence-corrected chi connectivity index (χ1v) is 7.35. The number of esters is 2. The standard InChI is InChI=1S/C17H24O4/c1-12(2)9-10-20-16(18)14-7-5-6-8-15(14)17(19)21-11-13(3)4/h5-8,12-13H,9-11H2,1-4H3. The molecule has 1 aromatic carbocycles. The number of hydrogen-bond donors (Lipinski definition) is 0. The van der Waals surface area contributed by atoms with Gasteiger partial charge >= 0.3 is 11.9 Å². The highest BCUT2D eigenvalue weighted by Crippen LogP contribution is 2.13. The van der Waals surface area contributed by atoms with Gasteiger partial charge in [0.1, 0.15) is 0 Å². The van der Waals surface area contributed by atoms with Crippen LogP contribution < -0.4 is 0 Å². The van der Waals surface area contributed by atoms with Crippen LogP contribution in [0.1, 0.15) is 54.8 Å². The van der Waals surface area contributed by atoms with E-state index in [1.54, 1.807) is 24.3 Å². The minimum Gasteiger partial charge on any atom is -0.462 e. The predicted octanol–water partition coefficient (Wildman–Crippen LogP) is 3.70. The van der Waals surface area contributed by atoms with Crippen molar-refractivity contribution in [3.63, 3.8) is 0 Å². The van der Waals surface area contributed by atoms with E-state index < -0.39 is 11.9 Å². The van der Waals surface area contributed by atoms with Gasteiger partial charge in [-0.25, -0.2) is 9.59 Å². The van der Waals surface area contributed by atoms with E-state index in [1.807, 2.05) is 13.8 Å². The molecule has 1 rings (SSSR count). The maximum atomic E-state index is 12.1. The Hall–Kier alpha value is -1.84. The molecule has 0 unspecified atom stereocenters. The fourth-order valence-corrected chi connectivity index (χ4v) is 1.62. The van der Waals surface area contributed by atoms with Crippen molar-refractivity contribution in [3.05, 3.63) is 35.4 Å². The normalized spacial score (nSPS) is 10.8. The van der Waals surface area contributed by atoms with Gasteiger partial charge in [0.15, 0.2) is 0 Å². The molecule has 0 amide bonds. The Balaban J connectivity index is 2.74. The summed E-state index contributed by atoms with van der Waals surface area (Å²) in [6, 6.07) is 6.58. The Morgan fingerprint density at radius 2 is 1.43 bits per heavy atom. The lowest BCUT2D eigenvalue weighted by Crippen LogP contribution is -2.16. The molecule has 0 radical (unpaired) electrons. The highest BCUT2D eigenvalue weighted by Gasteiger charge is 2.19. The lowest BCUT2D eigenvalue weighted by molar-refractivity contribution is 0.0424. The monoisotopic (exact) mass is 292 g/mol. The fraction of sp³-hybridized carbons (Fsp3) is 0.529. The van der Waals surface area contributed by atoms with Gasteiger partial charge in [-0.1, -0.05) is 39.8 Å². The van der Waals surface area contributed by atoms with Gasteiger partial charge in [-0.15, -0.1) is 0 Å². The summed E-state index contributed by atoms with van der Waals surface area (Å²) in [6.07, 6.45) is 0.797. The molecule has 116 valence electrons. The summed E-state index contributed by atoms with van der Waals surface area (Å²) in [5.74, 6) is -0.254. The van der Waals surface area contributed by atoms with Gasteiger partial charge in [0.25, 0.3) is 0 Å². The summed E-state index contributed by atoms with van der Waals surface area (Å²) >= 11 is 0. The molecular formula is C17H24O4. The van der Waals surface area contributed by atoms with Crippen LogP contribution in [0.2, 0.25) is 0 Å². The zero-order valence-corrected chi connectivity index (χ0v) is 13.2. The highest BCUT2D eigenvalue weighted by molar-refractivity contribution is 6.03. The second-order valence-electron chi connectivity index (χ2n) is 5.86. The van der Waals surface area contributed by atoms with Gasteiger partial charge in [0, 0.05) is 0 Å². The summed E-state index contributed by atoms with van der Waals surface area (Å²) in [7, 11) is 0. The minimum atomic E-state index is -0.486. The smallest absolute Gasteiger partial charge is 0.339 e. The first kappa shape index (κ1) is 17.2.